The fraction of sp³-hybridized carbons (Fsp3) is 0.250. The number of aryl methyl sites for hydroxylation is 3. The van der Waals surface area contributed by atoms with Crippen LogP contribution in [-0.2, 0) is 0 Å². The van der Waals surface area contributed by atoms with Crippen molar-refractivity contribution >= 4 is 46.9 Å². The standard InChI is InChI=1S/C24H27OSi.ClH.Mg/c1-16-10-7-13-22(19(16)4)26(25,23-14-8-11-17(2)20(23)5)24-15-9-12-18(3)21(24)6;;/h7-15H,1-6H3;1H;/q-1;;+2/p-1. The third-order valence-electron chi connectivity index (χ3n) is 5.95. The molecule has 1 nitrogen and oxygen atoms in total. The summed E-state index contributed by atoms with van der Waals surface area (Å²) in [5.74, 6) is 0. The van der Waals surface area contributed by atoms with E-state index in [4.69, 9.17) is 0 Å². The van der Waals surface area contributed by atoms with Crippen LogP contribution in [0.5, 0.6) is 0 Å². The molecule has 0 atom stereocenters. The van der Waals surface area contributed by atoms with E-state index in [0.717, 1.165) is 32.3 Å². The molecule has 0 aliphatic rings. The van der Waals surface area contributed by atoms with E-state index in [2.05, 4.69) is 77.9 Å². The van der Waals surface area contributed by atoms with E-state index in [-0.39, 0.29) is 35.5 Å². The minimum Gasteiger partial charge on any atom is -1.00 e. The van der Waals surface area contributed by atoms with Gasteiger partial charge in [0, 0.05) is 0 Å². The molecule has 0 aromatic heterocycles. The van der Waals surface area contributed by atoms with Crippen LogP contribution in [0.1, 0.15) is 33.4 Å². The summed E-state index contributed by atoms with van der Waals surface area (Å²) >= 11 is 0. The first-order valence-electron chi connectivity index (χ1n) is 9.19. The van der Waals surface area contributed by atoms with Gasteiger partial charge in [0.15, 0.2) is 0 Å². The maximum absolute atomic E-state index is 15.0. The third kappa shape index (κ3) is 4.10. The second-order valence-corrected chi connectivity index (χ2v) is 10.4. The van der Waals surface area contributed by atoms with Gasteiger partial charge in [-0.1, -0.05) is 70.2 Å². The summed E-state index contributed by atoms with van der Waals surface area (Å²) in [6, 6.07) is 18.6. The number of halogens is 1. The Labute approximate surface area is 192 Å². The van der Waals surface area contributed by atoms with E-state index >= 15 is 0 Å². The summed E-state index contributed by atoms with van der Waals surface area (Å²) < 4.78 is 0. The summed E-state index contributed by atoms with van der Waals surface area (Å²) in [7, 11) is -3.36. The SMILES string of the molecule is Cc1cccc([Si]([O-])(c2cccc(C)c2C)c2cccc(C)c2C)c1C.[Cl-].[Mg+2]. The maximum Gasteiger partial charge on any atom is 2.00 e. The normalized spacial score (nSPS) is 10.8. The molecule has 0 fully saturated rings. The predicted octanol–water partition coefficient (Wildman–Crippen LogP) is -0.512. The molecule has 0 unspecified atom stereocenters. The minimum atomic E-state index is -3.36. The summed E-state index contributed by atoms with van der Waals surface area (Å²) in [4.78, 5) is 15.0. The fourth-order valence-corrected chi connectivity index (χ4v) is 7.87. The minimum absolute atomic E-state index is 0. The Kier molecular flexibility index (Phi) is 8.54. The Morgan fingerprint density at radius 1 is 0.536 bits per heavy atom. The van der Waals surface area contributed by atoms with Gasteiger partial charge in [-0.25, -0.2) is 0 Å². The maximum atomic E-state index is 15.0. The number of rotatable bonds is 3. The molecule has 142 valence electrons. The topological polar surface area (TPSA) is 23.1 Å². The summed E-state index contributed by atoms with van der Waals surface area (Å²) in [6.07, 6.45) is 0. The van der Waals surface area contributed by atoms with E-state index in [0.29, 0.717) is 0 Å². The Morgan fingerprint density at radius 3 is 1.04 bits per heavy atom. The number of hydrogen-bond donors (Lipinski definition) is 0. The van der Waals surface area contributed by atoms with Gasteiger partial charge in [-0.05, 0) is 74.9 Å². The summed E-state index contributed by atoms with van der Waals surface area (Å²) in [5.41, 5.74) is 6.96. The smallest absolute Gasteiger partial charge is 1.00 e. The van der Waals surface area contributed by atoms with Crippen LogP contribution < -0.4 is 32.8 Å². The van der Waals surface area contributed by atoms with Crippen molar-refractivity contribution in [2.75, 3.05) is 0 Å². The van der Waals surface area contributed by atoms with Gasteiger partial charge < -0.3 is 17.2 Å². The first kappa shape index (κ1) is 24.9. The van der Waals surface area contributed by atoms with Crippen LogP contribution in [0.2, 0.25) is 0 Å². The summed E-state index contributed by atoms with van der Waals surface area (Å²) in [5, 5.41) is 2.96. The van der Waals surface area contributed by atoms with Crippen LogP contribution in [0.15, 0.2) is 54.6 Å². The van der Waals surface area contributed by atoms with Crippen LogP contribution in [0, 0.1) is 41.5 Å². The average molecular weight is 419 g/mol. The Balaban J connectivity index is 0.00000196. The summed E-state index contributed by atoms with van der Waals surface area (Å²) in [6.45, 7) is 12.6. The van der Waals surface area contributed by atoms with E-state index in [1.807, 2.05) is 18.2 Å². The van der Waals surface area contributed by atoms with Gasteiger partial charge in [-0.3, -0.25) is 0 Å². The zero-order chi connectivity index (χ0) is 19.1. The molecule has 4 heteroatoms. The van der Waals surface area contributed by atoms with Crippen LogP contribution in [0.3, 0.4) is 0 Å². The zero-order valence-electron chi connectivity index (χ0n) is 17.7. The van der Waals surface area contributed by atoms with Crippen molar-refractivity contribution < 1.29 is 17.2 Å². The van der Waals surface area contributed by atoms with Gasteiger partial charge in [0.2, 0.25) is 0 Å². The van der Waals surface area contributed by atoms with Crippen LogP contribution in [0.4, 0.5) is 0 Å². The van der Waals surface area contributed by atoms with Crippen molar-refractivity contribution in [3.8, 4) is 0 Å². The Bertz CT molecular complexity index is 859. The van der Waals surface area contributed by atoms with Crippen LogP contribution in [0.25, 0.3) is 0 Å². The van der Waals surface area contributed by atoms with E-state index in [9.17, 15) is 4.80 Å². The fourth-order valence-electron chi connectivity index (χ4n) is 3.83. The number of benzene rings is 3. The van der Waals surface area contributed by atoms with E-state index in [1.54, 1.807) is 0 Å². The second-order valence-electron chi connectivity index (χ2n) is 7.42. The van der Waals surface area contributed by atoms with Crippen LogP contribution >= 0.6 is 0 Å². The zero-order valence-corrected chi connectivity index (χ0v) is 20.9. The molecule has 0 spiro atoms. The van der Waals surface area contributed by atoms with Crippen molar-refractivity contribution in [1.29, 1.82) is 0 Å². The molecule has 0 heterocycles. The average Bonchev–Trinajstić information content (AvgIpc) is 2.61. The van der Waals surface area contributed by atoms with Crippen LogP contribution in [-0.4, -0.2) is 31.4 Å². The largest absolute Gasteiger partial charge is 2.00 e. The number of hydrogen-bond acceptors (Lipinski definition) is 1. The molecular weight excluding hydrogens is 392 g/mol. The van der Waals surface area contributed by atoms with Crippen molar-refractivity contribution in [2.24, 2.45) is 0 Å². The molecule has 0 radical (unpaired) electrons. The molecule has 0 aliphatic heterocycles. The molecular formula is C24H27ClMgOSi. The van der Waals surface area contributed by atoms with E-state index < -0.39 is 8.32 Å². The molecule has 0 saturated heterocycles. The molecule has 0 amide bonds. The van der Waals surface area contributed by atoms with E-state index in [1.165, 1.54) is 16.7 Å². The molecule has 0 saturated carbocycles. The van der Waals surface area contributed by atoms with Crippen molar-refractivity contribution in [3.63, 3.8) is 0 Å². The molecule has 0 N–H and O–H groups in total. The van der Waals surface area contributed by atoms with Gasteiger partial charge >= 0.3 is 23.1 Å². The predicted molar refractivity (Wildman–Crippen MR) is 118 cm³/mol. The monoisotopic (exact) mass is 418 g/mol. The molecule has 0 aliphatic carbocycles. The van der Waals surface area contributed by atoms with Gasteiger partial charge in [0.05, 0.1) is 8.32 Å². The van der Waals surface area contributed by atoms with Crippen molar-refractivity contribution in [2.45, 2.75) is 41.5 Å². The first-order valence-corrected chi connectivity index (χ1v) is 11.1. The second kappa shape index (κ2) is 9.59. The van der Waals surface area contributed by atoms with Gasteiger partial charge in [-0.2, -0.15) is 0 Å². The third-order valence-corrected chi connectivity index (χ3v) is 9.85. The molecule has 0 bridgehead atoms. The van der Waals surface area contributed by atoms with Gasteiger partial charge in [0.1, 0.15) is 0 Å². The quantitative estimate of drug-likeness (QED) is 0.414. The van der Waals surface area contributed by atoms with Gasteiger partial charge in [-0.15, -0.1) is 0 Å². The molecule has 3 rings (SSSR count). The molecule has 3 aromatic carbocycles. The Morgan fingerprint density at radius 2 is 0.786 bits per heavy atom. The van der Waals surface area contributed by atoms with Crippen molar-refractivity contribution in [1.82, 2.24) is 0 Å². The first-order chi connectivity index (χ1) is 12.3. The van der Waals surface area contributed by atoms with Crippen molar-refractivity contribution in [3.05, 3.63) is 88.0 Å². The van der Waals surface area contributed by atoms with Gasteiger partial charge in [0.25, 0.3) is 0 Å². The Hall–Kier alpha value is -1.11. The molecule has 3 aromatic rings. The molecule has 28 heavy (non-hydrogen) atoms.